The summed E-state index contributed by atoms with van der Waals surface area (Å²) in [5, 5.41) is 5.41. The van der Waals surface area contributed by atoms with Crippen molar-refractivity contribution in [3.8, 4) is 0 Å². The minimum Gasteiger partial charge on any atom is -0.349 e. The van der Waals surface area contributed by atoms with Crippen molar-refractivity contribution in [1.29, 1.82) is 0 Å². The van der Waals surface area contributed by atoms with Crippen molar-refractivity contribution >= 4 is 17.2 Å². The number of hydrogen-bond donors (Lipinski definition) is 1. The smallest absolute Gasteiger partial charge is 0.349 e. The average molecular weight is 326 g/mol. The zero-order chi connectivity index (χ0) is 15.7. The van der Waals surface area contributed by atoms with Crippen LogP contribution in [0.5, 0.6) is 0 Å². The molecule has 2 atom stereocenters. The van der Waals surface area contributed by atoms with Crippen LogP contribution < -0.4 is 5.32 Å². The monoisotopic (exact) mass is 326 g/mol. The highest BCUT2D eigenvalue weighted by Crippen LogP contribution is 2.48. The number of thiazole rings is 1. The lowest BCUT2D eigenvalue weighted by atomic mass is 10.1. The van der Waals surface area contributed by atoms with Crippen molar-refractivity contribution < 1.29 is 18.0 Å². The highest BCUT2D eigenvalue weighted by Gasteiger charge is 2.44. The molecular weight excluding hydrogens is 313 g/mol. The number of hydrogen-bond acceptors (Lipinski definition) is 3. The summed E-state index contributed by atoms with van der Waals surface area (Å²) in [6.07, 6.45) is -2.10. The van der Waals surface area contributed by atoms with Crippen LogP contribution in [0.3, 0.4) is 0 Å². The Balaban J connectivity index is 1.61. The number of aromatic nitrogens is 1. The highest BCUT2D eigenvalue weighted by molar-refractivity contribution is 7.09. The van der Waals surface area contributed by atoms with Gasteiger partial charge in [-0.1, -0.05) is 18.2 Å². The van der Waals surface area contributed by atoms with Gasteiger partial charge in [0.15, 0.2) is 0 Å². The molecule has 0 radical (unpaired) electrons. The Kier molecular flexibility index (Phi) is 3.90. The quantitative estimate of drug-likeness (QED) is 0.933. The zero-order valence-electron chi connectivity index (χ0n) is 11.4. The molecule has 0 unspecified atom stereocenters. The summed E-state index contributed by atoms with van der Waals surface area (Å²) in [7, 11) is 0. The van der Waals surface area contributed by atoms with Crippen LogP contribution in [0.1, 0.15) is 28.5 Å². The van der Waals surface area contributed by atoms with Crippen LogP contribution in [-0.2, 0) is 17.5 Å². The van der Waals surface area contributed by atoms with Gasteiger partial charge < -0.3 is 5.32 Å². The molecule has 2 aromatic rings. The molecule has 1 amide bonds. The lowest BCUT2D eigenvalue weighted by Gasteiger charge is -2.08. The van der Waals surface area contributed by atoms with E-state index in [0.29, 0.717) is 18.5 Å². The molecular formula is C15H13F3N2OS. The standard InChI is InChI=1S/C15H13F3N2OS/c16-15(17,18)10-3-1-2-9(6-10)11-7-12(11)14(21)20-8-13-19-4-5-22-13/h1-6,11-12H,7-8H2,(H,20,21)/t11-,12-/m0/s1. The maximum Gasteiger partial charge on any atom is 0.416 e. The van der Waals surface area contributed by atoms with Crippen molar-refractivity contribution in [2.45, 2.75) is 25.1 Å². The number of alkyl halides is 3. The summed E-state index contributed by atoms with van der Waals surface area (Å²) in [6.45, 7) is 0.363. The third-order valence-electron chi connectivity index (χ3n) is 3.67. The van der Waals surface area contributed by atoms with Crippen LogP contribution in [0.25, 0.3) is 0 Å². The first-order valence-electron chi connectivity index (χ1n) is 6.78. The summed E-state index contributed by atoms with van der Waals surface area (Å²) in [4.78, 5) is 16.1. The van der Waals surface area contributed by atoms with Gasteiger partial charge in [0.05, 0.1) is 12.1 Å². The summed E-state index contributed by atoms with van der Waals surface area (Å²) >= 11 is 1.45. The van der Waals surface area contributed by atoms with E-state index in [1.165, 1.54) is 17.4 Å². The lowest BCUT2D eigenvalue weighted by Crippen LogP contribution is -2.24. The normalized spacial score (nSPS) is 20.7. The van der Waals surface area contributed by atoms with E-state index < -0.39 is 11.7 Å². The van der Waals surface area contributed by atoms with Crippen LogP contribution >= 0.6 is 11.3 Å². The van der Waals surface area contributed by atoms with E-state index in [1.807, 2.05) is 5.38 Å². The van der Waals surface area contributed by atoms with E-state index in [-0.39, 0.29) is 17.7 Å². The third-order valence-corrected chi connectivity index (χ3v) is 4.45. The van der Waals surface area contributed by atoms with Crippen molar-refractivity contribution in [3.05, 3.63) is 52.0 Å². The molecule has 22 heavy (non-hydrogen) atoms. The van der Waals surface area contributed by atoms with Gasteiger partial charge in [-0.25, -0.2) is 4.98 Å². The SMILES string of the molecule is O=C(NCc1nccs1)[C@H]1C[C@H]1c1cccc(C(F)(F)F)c1. The molecule has 0 spiro atoms. The van der Waals surface area contributed by atoms with Gasteiger partial charge in [-0.15, -0.1) is 11.3 Å². The first kappa shape index (κ1) is 15.0. The first-order chi connectivity index (χ1) is 10.4. The minimum absolute atomic E-state index is 0.126. The summed E-state index contributed by atoms with van der Waals surface area (Å²) in [5.41, 5.74) is -0.0944. The Morgan fingerprint density at radius 2 is 2.23 bits per heavy atom. The number of nitrogens with zero attached hydrogens (tertiary/aromatic N) is 1. The molecule has 1 aliphatic carbocycles. The highest BCUT2D eigenvalue weighted by atomic mass is 32.1. The van der Waals surface area contributed by atoms with Crippen molar-refractivity contribution in [2.75, 3.05) is 0 Å². The largest absolute Gasteiger partial charge is 0.416 e. The fraction of sp³-hybridized carbons (Fsp3) is 0.333. The van der Waals surface area contributed by atoms with Crippen LogP contribution in [0.15, 0.2) is 35.8 Å². The molecule has 1 fully saturated rings. The molecule has 1 saturated carbocycles. The maximum atomic E-state index is 12.7. The van der Waals surface area contributed by atoms with Crippen molar-refractivity contribution in [1.82, 2.24) is 10.3 Å². The van der Waals surface area contributed by atoms with Crippen molar-refractivity contribution in [2.24, 2.45) is 5.92 Å². The van der Waals surface area contributed by atoms with Crippen molar-refractivity contribution in [3.63, 3.8) is 0 Å². The number of rotatable bonds is 4. The van der Waals surface area contributed by atoms with Gasteiger partial charge in [0.1, 0.15) is 5.01 Å². The second kappa shape index (κ2) is 5.72. The predicted molar refractivity (Wildman–Crippen MR) is 76.3 cm³/mol. The van der Waals surface area contributed by atoms with E-state index >= 15 is 0 Å². The van der Waals surface area contributed by atoms with Crippen LogP contribution in [0.4, 0.5) is 13.2 Å². The van der Waals surface area contributed by atoms with Gasteiger partial charge in [0, 0.05) is 17.5 Å². The van der Waals surface area contributed by atoms with Crippen LogP contribution in [0.2, 0.25) is 0 Å². The summed E-state index contributed by atoms with van der Waals surface area (Å²) in [6, 6.07) is 5.22. The van der Waals surface area contributed by atoms with E-state index in [1.54, 1.807) is 12.3 Å². The van der Waals surface area contributed by atoms with Gasteiger partial charge in [-0.2, -0.15) is 13.2 Å². The number of nitrogens with one attached hydrogen (secondary N) is 1. The topological polar surface area (TPSA) is 42.0 Å². The van der Waals surface area contributed by atoms with Gasteiger partial charge in [-0.3, -0.25) is 4.79 Å². The number of carbonyl (C=O) groups is 1. The molecule has 1 aromatic heterocycles. The van der Waals surface area contributed by atoms with E-state index in [2.05, 4.69) is 10.3 Å². The lowest BCUT2D eigenvalue weighted by molar-refractivity contribution is -0.137. The van der Waals surface area contributed by atoms with Gasteiger partial charge in [0.2, 0.25) is 5.91 Å². The molecule has 1 aliphatic rings. The first-order valence-corrected chi connectivity index (χ1v) is 7.66. The Labute approximate surface area is 129 Å². The summed E-state index contributed by atoms with van der Waals surface area (Å²) < 4.78 is 38.1. The molecule has 1 aromatic carbocycles. The second-order valence-electron chi connectivity index (χ2n) is 5.22. The molecule has 0 saturated heterocycles. The van der Waals surface area contributed by atoms with E-state index in [4.69, 9.17) is 0 Å². The Bertz CT molecular complexity index is 670. The van der Waals surface area contributed by atoms with Gasteiger partial charge >= 0.3 is 6.18 Å². The molecule has 0 bridgehead atoms. The number of benzene rings is 1. The molecule has 116 valence electrons. The van der Waals surface area contributed by atoms with Crippen LogP contribution in [-0.4, -0.2) is 10.9 Å². The van der Waals surface area contributed by atoms with E-state index in [0.717, 1.165) is 17.1 Å². The number of halogens is 3. The Morgan fingerprint density at radius 1 is 1.41 bits per heavy atom. The Hall–Kier alpha value is -1.89. The minimum atomic E-state index is -4.35. The zero-order valence-corrected chi connectivity index (χ0v) is 12.2. The molecule has 1 N–H and O–H groups in total. The fourth-order valence-corrected chi connectivity index (χ4v) is 2.99. The second-order valence-corrected chi connectivity index (χ2v) is 6.19. The maximum absolute atomic E-state index is 12.7. The van der Waals surface area contributed by atoms with E-state index in [9.17, 15) is 18.0 Å². The molecule has 0 aliphatic heterocycles. The molecule has 1 heterocycles. The molecule has 3 nitrogen and oxygen atoms in total. The predicted octanol–water partition coefficient (Wildman–Crippen LogP) is 3.58. The van der Waals surface area contributed by atoms with Gasteiger partial charge in [0.25, 0.3) is 0 Å². The fourth-order valence-electron chi connectivity index (χ4n) is 2.43. The molecule has 7 heteroatoms. The van der Waals surface area contributed by atoms with Crippen LogP contribution in [0, 0.1) is 5.92 Å². The summed E-state index contributed by atoms with van der Waals surface area (Å²) in [5.74, 6) is -0.500. The van der Waals surface area contributed by atoms with Gasteiger partial charge in [-0.05, 0) is 24.0 Å². The number of carbonyl (C=O) groups excluding carboxylic acids is 1. The molecule has 3 rings (SSSR count). The third kappa shape index (κ3) is 3.30. The number of amides is 1. The Morgan fingerprint density at radius 3 is 2.91 bits per heavy atom. The average Bonchev–Trinajstić information content (AvgIpc) is 3.12.